The number of nitrogens with zero attached hydrogens (tertiary/aromatic N) is 2. The maximum Gasteiger partial charge on any atom is 0.120 e. The number of ether oxygens (including phenoxy) is 2. The van der Waals surface area contributed by atoms with Gasteiger partial charge in [-0.05, 0) is 88.3 Å². The smallest absolute Gasteiger partial charge is 0.120 e. The van der Waals surface area contributed by atoms with Gasteiger partial charge in [-0.1, -0.05) is 12.8 Å². The van der Waals surface area contributed by atoms with Crippen molar-refractivity contribution in [3.63, 3.8) is 0 Å². The SMILES string of the molecule is c1cc2c(cc1OCCN1CCCCC1)sc1cc(OCCN3CCCCC3)ccc12. The van der Waals surface area contributed by atoms with E-state index in [0.717, 1.165) is 37.8 Å². The van der Waals surface area contributed by atoms with Crippen LogP contribution in [0.4, 0.5) is 0 Å². The number of rotatable bonds is 8. The monoisotopic (exact) mass is 438 g/mol. The molecule has 2 fully saturated rings. The van der Waals surface area contributed by atoms with Crippen LogP contribution in [-0.4, -0.2) is 62.3 Å². The van der Waals surface area contributed by atoms with Gasteiger partial charge in [-0.2, -0.15) is 0 Å². The highest BCUT2D eigenvalue weighted by atomic mass is 32.1. The van der Waals surface area contributed by atoms with Crippen LogP contribution < -0.4 is 9.47 Å². The van der Waals surface area contributed by atoms with Gasteiger partial charge in [-0.25, -0.2) is 0 Å². The predicted octanol–water partition coefficient (Wildman–Crippen LogP) is 5.78. The molecule has 0 aliphatic carbocycles. The Bertz CT molecular complexity index is 911. The lowest BCUT2D eigenvalue weighted by Gasteiger charge is -2.26. The summed E-state index contributed by atoms with van der Waals surface area (Å²) >= 11 is 1.83. The highest BCUT2D eigenvalue weighted by Crippen LogP contribution is 2.37. The van der Waals surface area contributed by atoms with Crippen LogP contribution in [0.2, 0.25) is 0 Å². The molecule has 31 heavy (non-hydrogen) atoms. The summed E-state index contributed by atoms with van der Waals surface area (Å²) in [7, 11) is 0. The molecule has 0 radical (unpaired) electrons. The van der Waals surface area contributed by atoms with E-state index in [9.17, 15) is 0 Å². The summed E-state index contributed by atoms with van der Waals surface area (Å²) in [5.74, 6) is 1.96. The number of benzene rings is 2. The third kappa shape index (κ3) is 5.33. The van der Waals surface area contributed by atoms with Gasteiger partial charge in [-0.3, -0.25) is 9.80 Å². The number of likely N-dealkylation sites (tertiary alicyclic amines) is 2. The van der Waals surface area contributed by atoms with Crippen LogP contribution in [-0.2, 0) is 0 Å². The van der Waals surface area contributed by atoms with Crippen molar-refractivity contribution in [2.24, 2.45) is 0 Å². The number of thiophene rings is 1. The maximum absolute atomic E-state index is 6.08. The molecular weight excluding hydrogens is 404 g/mol. The Morgan fingerprint density at radius 3 is 1.52 bits per heavy atom. The van der Waals surface area contributed by atoms with E-state index in [1.54, 1.807) is 0 Å². The lowest BCUT2D eigenvalue weighted by molar-refractivity contribution is 0.183. The first kappa shape index (κ1) is 21.0. The van der Waals surface area contributed by atoms with Crippen molar-refractivity contribution in [3.8, 4) is 11.5 Å². The van der Waals surface area contributed by atoms with E-state index >= 15 is 0 Å². The molecular formula is C26H34N2O2S. The van der Waals surface area contributed by atoms with Crippen molar-refractivity contribution in [3.05, 3.63) is 36.4 Å². The number of hydrogen-bond donors (Lipinski definition) is 0. The van der Waals surface area contributed by atoms with Gasteiger partial charge in [0.2, 0.25) is 0 Å². The van der Waals surface area contributed by atoms with E-state index in [2.05, 4.69) is 46.2 Å². The average molecular weight is 439 g/mol. The van der Waals surface area contributed by atoms with Gasteiger partial charge in [0, 0.05) is 33.3 Å². The van der Waals surface area contributed by atoms with Gasteiger partial charge in [-0.15, -0.1) is 11.3 Å². The number of fused-ring (bicyclic) bond motifs is 3. The van der Waals surface area contributed by atoms with Crippen LogP contribution in [0.25, 0.3) is 20.2 Å². The quantitative estimate of drug-likeness (QED) is 0.445. The van der Waals surface area contributed by atoms with E-state index < -0.39 is 0 Å². The zero-order valence-electron chi connectivity index (χ0n) is 18.5. The largest absolute Gasteiger partial charge is 0.492 e. The summed E-state index contributed by atoms with van der Waals surface area (Å²) in [4.78, 5) is 5.04. The minimum Gasteiger partial charge on any atom is -0.492 e. The van der Waals surface area contributed by atoms with Crippen molar-refractivity contribution in [1.82, 2.24) is 9.80 Å². The van der Waals surface area contributed by atoms with Crippen molar-refractivity contribution < 1.29 is 9.47 Å². The molecule has 2 aliphatic heterocycles. The van der Waals surface area contributed by atoms with E-state index in [-0.39, 0.29) is 0 Å². The number of piperidine rings is 2. The first-order chi connectivity index (χ1) is 15.3. The van der Waals surface area contributed by atoms with Crippen molar-refractivity contribution in [2.75, 3.05) is 52.5 Å². The first-order valence-corrected chi connectivity index (χ1v) is 12.8. The van der Waals surface area contributed by atoms with E-state index in [1.165, 1.54) is 84.9 Å². The van der Waals surface area contributed by atoms with Gasteiger partial charge in [0.25, 0.3) is 0 Å². The molecule has 166 valence electrons. The molecule has 0 saturated carbocycles. The first-order valence-electron chi connectivity index (χ1n) is 12.0. The van der Waals surface area contributed by atoms with Gasteiger partial charge >= 0.3 is 0 Å². The minimum atomic E-state index is 0.769. The van der Waals surface area contributed by atoms with Crippen LogP contribution >= 0.6 is 11.3 Å². The lowest BCUT2D eigenvalue weighted by atomic mass is 10.1. The van der Waals surface area contributed by atoms with Crippen LogP contribution in [0.15, 0.2) is 36.4 Å². The van der Waals surface area contributed by atoms with Gasteiger partial charge in [0.1, 0.15) is 24.7 Å². The van der Waals surface area contributed by atoms with Crippen LogP contribution in [0.5, 0.6) is 11.5 Å². The lowest BCUT2D eigenvalue weighted by Crippen LogP contribution is -2.33. The van der Waals surface area contributed by atoms with Crippen molar-refractivity contribution in [2.45, 2.75) is 38.5 Å². The normalized spacial score (nSPS) is 18.6. The molecule has 3 aromatic rings. The molecule has 0 unspecified atom stereocenters. The van der Waals surface area contributed by atoms with Crippen LogP contribution in [0.3, 0.4) is 0 Å². The molecule has 0 spiro atoms. The van der Waals surface area contributed by atoms with Crippen LogP contribution in [0.1, 0.15) is 38.5 Å². The molecule has 1 aromatic heterocycles. The summed E-state index contributed by atoms with van der Waals surface area (Å²) in [6, 6.07) is 13.1. The molecule has 5 heteroatoms. The highest BCUT2D eigenvalue weighted by Gasteiger charge is 2.12. The summed E-state index contributed by atoms with van der Waals surface area (Å²) < 4.78 is 14.7. The zero-order chi connectivity index (χ0) is 20.9. The fourth-order valence-corrected chi connectivity index (χ4v) is 6.03. The second-order valence-corrected chi connectivity index (χ2v) is 10.0. The standard InChI is InChI=1S/C26H34N2O2S/c1-3-11-27(12-4-1)15-17-29-21-7-9-23-24-10-8-22(20-26(24)31-25(23)19-21)30-18-16-28-13-5-2-6-14-28/h7-10,19-20H,1-6,11-18H2. The summed E-state index contributed by atoms with van der Waals surface area (Å²) in [6.45, 7) is 8.49. The Morgan fingerprint density at radius 2 is 1.06 bits per heavy atom. The van der Waals surface area contributed by atoms with E-state index in [0.29, 0.717) is 0 Å². The fourth-order valence-electron chi connectivity index (χ4n) is 4.87. The molecule has 0 atom stereocenters. The zero-order valence-corrected chi connectivity index (χ0v) is 19.3. The molecule has 0 N–H and O–H groups in total. The molecule has 0 amide bonds. The Kier molecular flexibility index (Phi) is 6.92. The van der Waals surface area contributed by atoms with Gasteiger partial charge < -0.3 is 9.47 Å². The van der Waals surface area contributed by atoms with Gasteiger partial charge in [0.05, 0.1) is 0 Å². The summed E-state index contributed by atoms with van der Waals surface area (Å²) in [6.07, 6.45) is 8.08. The Labute approximate surface area is 189 Å². The van der Waals surface area contributed by atoms with Gasteiger partial charge in [0.15, 0.2) is 0 Å². The fraction of sp³-hybridized carbons (Fsp3) is 0.538. The topological polar surface area (TPSA) is 24.9 Å². The van der Waals surface area contributed by atoms with Crippen molar-refractivity contribution >= 4 is 31.5 Å². The molecule has 5 rings (SSSR count). The van der Waals surface area contributed by atoms with E-state index in [4.69, 9.17) is 9.47 Å². The molecule has 4 nitrogen and oxygen atoms in total. The number of hydrogen-bond acceptors (Lipinski definition) is 5. The molecule has 2 aliphatic rings. The Morgan fingerprint density at radius 1 is 0.613 bits per heavy atom. The molecule has 0 bridgehead atoms. The summed E-state index contributed by atoms with van der Waals surface area (Å²) in [5.41, 5.74) is 0. The van der Waals surface area contributed by atoms with E-state index in [1.807, 2.05) is 11.3 Å². The molecule has 2 aromatic carbocycles. The Hall–Kier alpha value is -1.82. The highest BCUT2D eigenvalue weighted by molar-refractivity contribution is 7.25. The van der Waals surface area contributed by atoms with Crippen molar-refractivity contribution in [1.29, 1.82) is 0 Å². The summed E-state index contributed by atoms with van der Waals surface area (Å²) in [5, 5.41) is 2.62. The second kappa shape index (κ2) is 10.2. The average Bonchev–Trinajstić information content (AvgIpc) is 3.17. The Balaban J connectivity index is 1.20. The molecule has 2 saturated heterocycles. The molecule has 3 heterocycles. The minimum absolute atomic E-state index is 0.769. The third-order valence-electron chi connectivity index (χ3n) is 6.67. The second-order valence-electron chi connectivity index (χ2n) is 8.92. The van der Waals surface area contributed by atoms with Crippen LogP contribution in [0, 0.1) is 0 Å². The predicted molar refractivity (Wildman–Crippen MR) is 131 cm³/mol. The third-order valence-corrected chi connectivity index (χ3v) is 7.78. The maximum atomic E-state index is 6.08.